The van der Waals surface area contributed by atoms with Crippen LogP contribution in [0.15, 0.2) is 176 Å². The first-order valence-electron chi connectivity index (χ1n) is 17.3. The number of benzene rings is 7. The molecule has 0 heterocycles. The molecule has 0 spiro atoms. The van der Waals surface area contributed by atoms with E-state index in [1.165, 1.54) is 55.6 Å². The largest absolute Gasteiger partial charge is 0.311 e. The lowest BCUT2D eigenvalue weighted by molar-refractivity contribution is 0.299. The van der Waals surface area contributed by atoms with E-state index in [1.807, 2.05) is 0 Å². The third kappa shape index (κ3) is 5.27. The summed E-state index contributed by atoms with van der Waals surface area (Å²) in [5, 5.41) is 0. The highest BCUT2D eigenvalue weighted by Crippen LogP contribution is 2.56. The van der Waals surface area contributed by atoms with Gasteiger partial charge in [-0.1, -0.05) is 161 Å². The number of hydrogen-bond donors (Lipinski definition) is 0. The molecule has 0 atom stereocenters. The van der Waals surface area contributed by atoms with Crippen LogP contribution in [0.3, 0.4) is 0 Å². The number of rotatable bonds is 6. The van der Waals surface area contributed by atoms with E-state index in [9.17, 15) is 0 Å². The minimum atomic E-state index is -0.0728. The molecule has 238 valence electrons. The molecule has 1 heteroatoms. The first-order chi connectivity index (χ1) is 23.8. The van der Waals surface area contributed by atoms with Crippen molar-refractivity contribution in [2.75, 3.05) is 4.90 Å². The number of hydrogen-bond acceptors (Lipinski definition) is 1. The van der Waals surface area contributed by atoms with E-state index in [-0.39, 0.29) is 10.8 Å². The van der Waals surface area contributed by atoms with Gasteiger partial charge in [0.05, 0.1) is 0 Å². The Morgan fingerprint density at radius 3 is 1.37 bits per heavy atom. The van der Waals surface area contributed by atoms with Gasteiger partial charge in [-0.3, -0.25) is 0 Å². The highest BCUT2D eigenvalue weighted by molar-refractivity contribution is 5.91. The van der Waals surface area contributed by atoms with Gasteiger partial charge in [-0.15, -0.1) is 0 Å². The molecule has 0 fully saturated rings. The van der Waals surface area contributed by atoms with Gasteiger partial charge in [-0.05, 0) is 109 Å². The lowest BCUT2D eigenvalue weighted by Crippen LogP contribution is -2.43. The second-order valence-corrected chi connectivity index (χ2v) is 14.2. The Kier molecular flexibility index (Phi) is 7.57. The van der Waals surface area contributed by atoms with Gasteiger partial charge in [0.15, 0.2) is 0 Å². The topological polar surface area (TPSA) is 3.24 Å². The van der Waals surface area contributed by atoms with Crippen molar-refractivity contribution in [3.8, 4) is 44.5 Å². The molecule has 7 aromatic rings. The lowest BCUT2D eigenvalue weighted by Gasteiger charge is -2.49. The molecule has 1 aliphatic rings. The number of fused-ring (bicyclic) bond motifs is 3. The van der Waals surface area contributed by atoms with Crippen LogP contribution in [0.5, 0.6) is 0 Å². The SMILES string of the molecule is CC1(C)c2cc(-c3ccc(N(c4ccccc4)c4ccc(-c5ccccc5)cc4)cc3)ccc2-c2c(-c3ccccc3)cccc2C1(C)C. The standard InChI is InChI=1S/C48H41N/c1-47(2)44-22-14-21-42(37-17-10-6-11-18-37)46(44)43-32-27-38(33-45(43)48(47,3)4)36-25-30-41(31-26-36)49(39-19-12-7-13-20-39)40-28-23-35(24-29-40)34-15-8-5-9-16-34/h5-33H,1-4H3. The van der Waals surface area contributed by atoms with Crippen molar-refractivity contribution in [3.05, 3.63) is 187 Å². The highest BCUT2D eigenvalue weighted by Gasteiger charge is 2.46. The molecule has 0 unspecified atom stereocenters. The van der Waals surface area contributed by atoms with Crippen molar-refractivity contribution in [2.24, 2.45) is 0 Å². The van der Waals surface area contributed by atoms with Crippen LogP contribution in [0.1, 0.15) is 38.8 Å². The van der Waals surface area contributed by atoms with Crippen molar-refractivity contribution < 1.29 is 0 Å². The predicted octanol–water partition coefficient (Wildman–Crippen LogP) is 13.4. The van der Waals surface area contributed by atoms with Crippen LogP contribution in [0, 0.1) is 0 Å². The molecule has 0 saturated heterocycles. The summed E-state index contributed by atoms with van der Waals surface area (Å²) in [6.07, 6.45) is 0. The molecule has 0 aliphatic heterocycles. The fourth-order valence-electron chi connectivity index (χ4n) is 7.61. The zero-order chi connectivity index (χ0) is 33.6. The van der Waals surface area contributed by atoms with Crippen LogP contribution in [-0.4, -0.2) is 0 Å². The Hall–Kier alpha value is -5.66. The van der Waals surface area contributed by atoms with Gasteiger partial charge in [-0.2, -0.15) is 0 Å². The summed E-state index contributed by atoms with van der Waals surface area (Å²) < 4.78 is 0. The first kappa shape index (κ1) is 30.7. The summed E-state index contributed by atoms with van der Waals surface area (Å²) in [7, 11) is 0. The van der Waals surface area contributed by atoms with Crippen LogP contribution in [-0.2, 0) is 10.8 Å². The number of nitrogens with zero attached hydrogens (tertiary/aromatic N) is 1. The molecule has 49 heavy (non-hydrogen) atoms. The zero-order valence-corrected chi connectivity index (χ0v) is 28.7. The maximum atomic E-state index is 2.45. The number of anilines is 3. The first-order valence-corrected chi connectivity index (χ1v) is 17.3. The van der Waals surface area contributed by atoms with Crippen molar-refractivity contribution in [2.45, 2.75) is 38.5 Å². The van der Waals surface area contributed by atoms with Gasteiger partial charge in [0.2, 0.25) is 0 Å². The summed E-state index contributed by atoms with van der Waals surface area (Å²) >= 11 is 0. The fourth-order valence-corrected chi connectivity index (χ4v) is 7.61. The van der Waals surface area contributed by atoms with Gasteiger partial charge in [0.1, 0.15) is 0 Å². The van der Waals surface area contributed by atoms with E-state index in [1.54, 1.807) is 0 Å². The Labute approximate surface area is 291 Å². The molecule has 1 aliphatic carbocycles. The third-order valence-corrected chi connectivity index (χ3v) is 11.1. The van der Waals surface area contributed by atoms with Gasteiger partial charge in [0, 0.05) is 17.1 Å². The quantitative estimate of drug-likeness (QED) is 0.176. The van der Waals surface area contributed by atoms with Crippen LogP contribution < -0.4 is 4.90 Å². The van der Waals surface area contributed by atoms with Gasteiger partial charge in [-0.25, -0.2) is 0 Å². The monoisotopic (exact) mass is 631 g/mol. The Bertz CT molecular complexity index is 2230. The van der Waals surface area contributed by atoms with Gasteiger partial charge < -0.3 is 4.90 Å². The minimum absolute atomic E-state index is 0.0607. The summed E-state index contributed by atoms with van der Waals surface area (Å²) in [6.45, 7) is 9.65. The van der Waals surface area contributed by atoms with E-state index in [2.05, 4.69) is 209 Å². The highest BCUT2D eigenvalue weighted by atomic mass is 15.1. The van der Waals surface area contributed by atoms with Crippen molar-refractivity contribution in [3.63, 3.8) is 0 Å². The van der Waals surface area contributed by atoms with Crippen molar-refractivity contribution in [1.29, 1.82) is 0 Å². The molecule has 0 N–H and O–H groups in total. The average molecular weight is 632 g/mol. The van der Waals surface area contributed by atoms with Crippen LogP contribution in [0.2, 0.25) is 0 Å². The molecule has 0 aromatic heterocycles. The average Bonchev–Trinajstić information content (AvgIpc) is 3.15. The van der Waals surface area contributed by atoms with Crippen molar-refractivity contribution >= 4 is 17.1 Å². The van der Waals surface area contributed by atoms with Gasteiger partial charge in [0.25, 0.3) is 0 Å². The van der Waals surface area contributed by atoms with Crippen LogP contribution >= 0.6 is 0 Å². The van der Waals surface area contributed by atoms with E-state index in [4.69, 9.17) is 0 Å². The van der Waals surface area contributed by atoms with E-state index in [0.29, 0.717) is 0 Å². The third-order valence-electron chi connectivity index (χ3n) is 11.1. The summed E-state index contributed by atoms with van der Waals surface area (Å²) in [4.78, 5) is 2.33. The molecule has 1 nitrogen and oxygen atoms in total. The molecule has 7 aromatic carbocycles. The van der Waals surface area contributed by atoms with Crippen molar-refractivity contribution in [1.82, 2.24) is 0 Å². The van der Waals surface area contributed by atoms with E-state index >= 15 is 0 Å². The Morgan fingerprint density at radius 1 is 0.327 bits per heavy atom. The maximum Gasteiger partial charge on any atom is 0.0462 e. The van der Waals surface area contributed by atoms with Gasteiger partial charge >= 0.3 is 0 Å². The molecule has 0 bridgehead atoms. The normalized spacial score (nSPS) is 14.0. The molecule has 8 rings (SSSR count). The second kappa shape index (κ2) is 12.1. The summed E-state index contributed by atoms with van der Waals surface area (Å²) in [5.74, 6) is 0. The second-order valence-electron chi connectivity index (χ2n) is 14.2. The van der Waals surface area contributed by atoms with E-state index in [0.717, 1.165) is 17.1 Å². The molecule has 0 amide bonds. The van der Waals surface area contributed by atoms with Crippen LogP contribution in [0.4, 0.5) is 17.1 Å². The minimum Gasteiger partial charge on any atom is -0.311 e. The summed E-state index contributed by atoms with van der Waals surface area (Å²) in [6, 6.07) is 63.9. The fraction of sp³-hybridized carbons (Fsp3) is 0.125. The smallest absolute Gasteiger partial charge is 0.0462 e. The Morgan fingerprint density at radius 2 is 0.776 bits per heavy atom. The predicted molar refractivity (Wildman–Crippen MR) is 209 cm³/mol. The zero-order valence-electron chi connectivity index (χ0n) is 28.7. The maximum absolute atomic E-state index is 2.45. The lowest BCUT2D eigenvalue weighted by atomic mass is 9.54. The molecular weight excluding hydrogens is 591 g/mol. The molecular formula is C48H41N. The van der Waals surface area contributed by atoms with Crippen LogP contribution in [0.25, 0.3) is 44.5 Å². The Balaban J connectivity index is 1.19. The van der Waals surface area contributed by atoms with E-state index < -0.39 is 0 Å². The number of para-hydroxylation sites is 1. The molecule has 0 saturated carbocycles. The summed E-state index contributed by atoms with van der Waals surface area (Å²) in [5.41, 5.74) is 16.2. The molecule has 0 radical (unpaired) electrons.